The van der Waals surface area contributed by atoms with Crippen molar-refractivity contribution in [1.82, 2.24) is 19.8 Å². The zero-order chi connectivity index (χ0) is 10.7. The molecule has 1 aromatic rings. The van der Waals surface area contributed by atoms with Crippen LogP contribution in [-0.2, 0) is 6.67 Å². The van der Waals surface area contributed by atoms with E-state index >= 15 is 0 Å². The lowest BCUT2D eigenvalue weighted by Crippen LogP contribution is -2.31. The quantitative estimate of drug-likeness (QED) is 0.379. The molecule has 1 heterocycles. The van der Waals surface area contributed by atoms with E-state index in [0.717, 1.165) is 0 Å². The zero-order valence-corrected chi connectivity index (χ0v) is 8.90. The third kappa shape index (κ3) is 2.30. The minimum absolute atomic E-state index is 0.288. The maximum atomic E-state index is 5.61. The molecule has 14 heavy (non-hydrogen) atoms. The van der Waals surface area contributed by atoms with E-state index in [-0.39, 0.29) is 6.67 Å². The second-order valence-electron chi connectivity index (χ2n) is 2.93. The predicted molar refractivity (Wildman–Crippen MR) is 58.4 cm³/mol. The molecule has 0 saturated carbocycles. The van der Waals surface area contributed by atoms with E-state index in [1.54, 1.807) is 4.90 Å². The normalized spacial score (nSPS) is 9.93. The average Bonchev–Trinajstić information content (AvgIpc) is 2.48. The lowest BCUT2D eigenvalue weighted by molar-refractivity contribution is 0.349. The van der Waals surface area contributed by atoms with Crippen LogP contribution in [0.5, 0.6) is 0 Å². The molecule has 0 saturated heterocycles. The number of hydrazine groups is 1. The standard InChI is InChI=1S/C6H13N7S/c1-11(2)6-9-5(7)13(10-6)3-12(8)4-14/h4H,3,8H2,1-2H3,(H2,7,9,10). The van der Waals surface area contributed by atoms with Gasteiger partial charge in [-0.05, 0) is 0 Å². The van der Waals surface area contributed by atoms with Crippen LogP contribution in [0.3, 0.4) is 0 Å². The lowest BCUT2D eigenvalue weighted by atomic mass is 10.8. The monoisotopic (exact) mass is 215 g/mol. The van der Waals surface area contributed by atoms with E-state index in [1.807, 2.05) is 14.1 Å². The van der Waals surface area contributed by atoms with Gasteiger partial charge < -0.3 is 10.6 Å². The van der Waals surface area contributed by atoms with Gasteiger partial charge in [0, 0.05) is 14.1 Å². The fourth-order valence-electron chi connectivity index (χ4n) is 0.823. The molecular formula is C6H13N7S. The van der Waals surface area contributed by atoms with Crippen molar-refractivity contribution in [3.8, 4) is 0 Å². The molecule has 0 amide bonds. The van der Waals surface area contributed by atoms with Gasteiger partial charge in [-0.3, -0.25) is 5.01 Å². The number of nitrogens with two attached hydrogens (primary N) is 2. The summed E-state index contributed by atoms with van der Waals surface area (Å²) in [6.45, 7) is 0.288. The molecule has 0 spiro atoms. The largest absolute Gasteiger partial charge is 0.368 e. The van der Waals surface area contributed by atoms with Gasteiger partial charge in [-0.15, -0.1) is 5.10 Å². The van der Waals surface area contributed by atoms with E-state index < -0.39 is 0 Å². The first-order chi connectivity index (χ1) is 6.54. The summed E-state index contributed by atoms with van der Waals surface area (Å²) in [5.41, 5.74) is 6.93. The molecular weight excluding hydrogens is 202 g/mol. The molecule has 0 radical (unpaired) electrons. The number of hydrogen-bond acceptors (Lipinski definition) is 6. The van der Waals surface area contributed by atoms with E-state index in [2.05, 4.69) is 22.3 Å². The molecule has 1 rings (SSSR count). The maximum absolute atomic E-state index is 5.61. The van der Waals surface area contributed by atoms with Gasteiger partial charge in [-0.2, -0.15) is 4.98 Å². The highest BCUT2D eigenvalue weighted by molar-refractivity contribution is 7.78. The molecule has 0 aromatic carbocycles. The SMILES string of the molecule is CN(C)c1nc(N)n(CN(N)C=S)n1. The van der Waals surface area contributed by atoms with Gasteiger partial charge in [0.2, 0.25) is 11.9 Å². The Balaban J connectivity index is 2.82. The number of hydrogen-bond donors (Lipinski definition) is 2. The minimum atomic E-state index is 0.288. The van der Waals surface area contributed by atoms with Crippen molar-refractivity contribution in [3.05, 3.63) is 0 Å². The van der Waals surface area contributed by atoms with Crippen LogP contribution in [0.15, 0.2) is 0 Å². The summed E-state index contributed by atoms with van der Waals surface area (Å²) in [7, 11) is 3.66. The summed E-state index contributed by atoms with van der Waals surface area (Å²) in [4.78, 5) is 5.78. The van der Waals surface area contributed by atoms with Crippen LogP contribution in [-0.4, -0.2) is 39.4 Å². The van der Waals surface area contributed by atoms with E-state index in [1.165, 1.54) is 15.2 Å². The Bertz CT molecular complexity index is 320. The molecule has 1 aromatic heterocycles. The number of anilines is 2. The Labute approximate surface area is 87.2 Å². The van der Waals surface area contributed by atoms with Crippen molar-refractivity contribution >= 4 is 29.6 Å². The highest BCUT2D eigenvalue weighted by Crippen LogP contribution is 2.07. The fourth-order valence-corrected chi connectivity index (χ4v) is 0.890. The molecule has 7 nitrogen and oxygen atoms in total. The molecule has 4 N–H and O–H groups in total. The minimum Gasteiger partial charge on any atom is -0.368 e. The topological polar surface area (TPSA) is 89.2 Å². The first kappa shape index (κ1) is 10.7. The fraction of sp³-hybridized carbons (Fsp3) is 0.500. The summed E-state index contributed by atoms with van der Waals surface area (Å²) in [5.74, 6) is 6.32. The number of rotatable bonds is 4. The van der Waals surface area contributed by atoms with Crippen LogP contribution >= 0.6 is 12.2 Å². The second kappa shape index (κ2) is 4.20. The smallest absolute Gasteiger partial charge is 0.246 e. The highest BCUT2D eigenvalue weighted by Gasteiger charge is 2.08. The number of aromatic nitrogens is 3. The van der Waals surface area contributed by atoms with Gasteiger partial charge >= 0.3 is 0 Å². The van der Waals surface area contributed by atoms with Crippen LogP contribution in [0.2, 0.25) is 0 Å². The van der Waals surface area contributed by atoms with Crippen LogP contribution < -0.4 is 16.5 Å². The molecule has 0 fully saturated rings. The third-order valence-electron chi connectivity index (χ3n) is 1.52. The molecule has 0 aliphatic carbocycles. The van der Waals surface area contributed by atoms with Gasteiger partial charge in [0.25, 0.3) is 0 Å². The number of nitrogens with zero attached hydrogens (tertiary/aromatic N) is 5. The number of nitrogen functional groups attached to an aromatic ring is 1. The Morgan fingerprint density at radius 3 is 2.64 bits per heavy atom. The van der Waals surface area contributed by atoms with Gasteiger partial charge in [0.1, 0.15) is 6.67 Å². The van der Waals surface area contributed by atoms with Crippen molar-refractivity contribution < 1.29 is 0 Å². The summed E-state index contributed by atoms with van der Waals surface area (Å²) in [6, 6.07) is 0. The molecule has 0 aliphatic rings. The first-order valence-corrected chi connectivity index (χ1v) is 4.36. The van der Waals surface area contributed by atoms with Gasteiger partial charge in [0.05, 0.1) is 5.49 Å². The maximum Gasteiger partial charge on any atom is 0.246 e. The van der Waals surface area contributed by atoms with Crippen molar-refractivity contribution in [2.24, 2.45) is 5.84 Å². The summed E-state index contributed by atoms with van der Waals surface area (Å²) < 4.78 is 1.47. The van der Waals surface area contributed by atoms with Crippen molar-refractivity contribution in [1.29, 1.82) is 0 Å². The highest BCUT2D eigenvalue weighted by atomic mass is 32.1. The van der Waals surface area contributed by atoms with Gasteiger partial charge in [0.15, 0.2) is 0 Å². The van der Waals surface area contributed by atoms with E-state index in [4.69, 9.17) is 11.6 Å². The molecule has 8 heteroatoms. The van der Waals surface area contributed by atoms with Crippen molar-refractivity contribution in [3.63, 3.8) is 0 Å². The van der Waals surface area contributed by atoms with Crippen LogP contribution in [0.1, 0.15) is 0 Å². The number of thiocarbonyl (C=S) groups is 1. The first-order valence-electron chi connectivity index (χ1n) is 3.89. The molecule has 0 aliphatic heterocycles. The lowest BCUT2D eigenvalue weighted by Gasteiger charge is -2.11. The average molecular weight is 215 g/mol. The Morgan fingerprint density at radius 1 is 1.57 bits per heavy atom. The third-order valence-corrected chi connectivity index (χ3v) is 1.79. The van der Waals surface area contributed by atoms with E-state index in [9.17, 15) is 0 Å². The van der Waals surface area contributed by atoms with Crippen LogP contribution in [0, 0.1) is 0 Å². The van der Waals surface area contributed by atoms with Crippen LogP contribution in [0.4, 0.5) is 11.9 Å². The second-order valence-corrected chi connectivity index (χ2v) is 3.14. The zero-order valence-electron chi connectivity index (χ0n) is 8.08. The molecule has 0 bridgehead atoms. The Hall–Kier alpha value is -1.41. The van der Waals surface area contributed by atoms with E-state index in [0.29, 0.717) is 11.9 Å². The summed E-state index contributed by atoms with van der Waals surface area (Å²) in [6.07, 6.45) is 0. The summed E-state index contributed by atoms with van der Waals surface area (Å²) in [5, 5.41) is 5.41. The van der Waals surface area contributed by atoms with Crippen molar-refractivity contribution in [2.75, 3.05) is 24.7 Å². The van der Waals surface area contributed by atoms with Gasteiger partial charge in [-0.25, -0.2) is 10.5 Å². The molecule has 0 atom stereocenters. The molecule has 0 unspecified atom stereocenters. The molecule has 78 valence electrons. The Kier molecular flexibility index (Phi) is 3.20. The Morgan fingerprint density at radius 2 is 2.21 bits per heavy atom. The van der Waals surface area contributed by atoms with Crippen LogP contribution in [0.25, 0.3) is 0 Å². The summed E-state index contributed by atoms with van der Waals surface area (Å²) >= 11 is 4.64. The van der Waals surface area contributed by atoms with Crippen molar-refractivity contribution in [2.45, 2.75) is 6.67 Å². The predicted octanol–water partition coefficient (Wildman–Crippen LogP) is -0.983. The van der Waals surface area contributed by atoms with Gasteiger partial charge in [-0.1, -0.05) is 12.2 Å².